The first-order chi connectivity index (χ1) is 10.2. The minimum absolute atomic E-state index is 0.468. The monoisotopic (exact) mass is 286 g/mol. The molecule has 21 heavy (non-hydrogen) atoms. The second kappa shape index (κ2) is 7.99. The van der Waals surface area contributed by atoms with Crippen molar-refractivity contribution in [3.8, 4) is 6.07 Å². The third kappa shape index (κ3) is 4.71. The maximum absolute atomic E-state index is 8.91. The third-order valence-electron chi connectivity index (χ3n) is 4.24. The van der Waals surface area contributed by atoms with Crippen LogP contribution in [0, 0.1) is 17.2 Å². The van der Waals surface area contributed by atoms with Gasteiger partial charge in [0.25, 0.3) is 0 Å². The van der Waals surface area contributed by atoms with E-state index in [0.29, 0.717) is 17.7 Å². The van der Waals surface area contributed by atoms with Gasteiger partial charge >= 0.3 is 0 Å². The molecule has 1 fully saturated rings. The molecule has 0 aliphatic carbocycles. The van der Waals surface area contributed by atoms with Crippen molar-refractivity contribution in [1.29, 1.82) is 5.26 Å². The molecule has 0 saturated carbocycles. The predicted molar refractivity (Wildman–Crippen MR) is 86.1 cm³/mol. The zero-order valence-corrected chi connectivity index (χ0v) is 13.2. The summed E-state index contributed by atoms with van der Waals surface area (Å²) in [7, 11) is 0. The molecule has 1 atom stereocenters. The number of nitrogens with one attached hydrogen (secondary N) is 1. The Hall–Kier alpha value is -1.60. The summed E-state index contributed by atoms with van der Waals surface area (Å²) in [6.45, 7) is 7.87. The molecular weight excluding hydrogens is 260 g/mol. The summed E-state index contributed by atoms with van der Waals surface area (Å²) >= 11 is 0. The maximum Gasteiger partial charge on any atom is 0.142 e. The minimum atomic E-state index is 0.468. The Morgan fingerprint density at radius 1 is 1.24 bits per heavy atom. The topological polar surface area (TPSA) is 52.0 Å². The minimum Gasteiger partial charge on any atom is -0.368 e. The quantitative estimate of drug-likeness (QED) is 0.902. The van der Waals surface area contributed by atoms with Crippen molar-refractivity contribution in [1.82, 2.24) is 9.88 Å². The van der Waals surface area contributed by atoms with E-state index in [-0.39, 0.29) is 0 Å². The van der Waals surface area contributed by atoms with Crippen molar-refractivity contribution in [2.75, 3.05) is 25.0 Å². The van der Waals surface area contributed by atoms with Crippen molar-refractivity contribution in [2.45, 2.75) is 45.6 Å². The molecule has 1 N–H and O–H groups in total. The number of hydrogen-bond acceptors (Lipinski definition) is 4. The van der Waals surface area contributed by atoms with Crippen molar-refractivity contribution in [2.24, 2.45) is 5.92 Å². The molecule has 2 rings (SSSR count). The molecule has 1 aromatic heterocycles. The van der Waals surface area contributed by atoms with E-state index < -0.39 is 0 Å². The van der Waals surface area contributed by atoms with Crippen LogP contribution in [0.3, 0.4) is 0 Å². The highest BCUT2D eigenvalue weighted by Crippen LogP contribution is 2.18. The molecule has 0 amide bonds. The zero-order chi connectivity index (χ0) is 15.1. The summed E-state index contributed by atoms with van der Waals surface area (Å²) in [5.41, 5.74) is 0.468. The summed E-state index contributed by atoms with van der Waals surface area (Å²) in [4.78, 5) is 6.92. The normalized spacial score (nSPS) is 18.0. The first kappa shape index (κ1) is 15.8. The van der Waals surface area contributed by atoms with E-state index in [4.69, 9.17) is 5.26 Å². The van der Waals surface area contributed by atoms with E-state index >= 15 is 0 Å². The van der Waals surface area contributed by atoms with Gasteiger partial charge in [0.05, 0.1) is 0 Å². The van der Waals surface area contributed by atoms with Gasteiger partial charge in [-0.05, 0) is 44.0 Å². The molecular formula is C17H26N4. The fraction of sp³-hybridized carbons (Fsp3) is 0.647. The Labute approximate surface area is 128 Å². The predicted octanol–water partition coefficient (Wildman–Crippen LogP) is 3.27. The van der Waals surface area contributed by atoms with Crippen LogP contribution in [0.1, 0.15) is 45.2 Å². The van der Waals surface area contributed by atoms with E-state index in [9.17, 15) is 0 Å². The summed E-state index contributed by atoms with van der Waals surface area (Å²) in [5.74, 6) is 1.41. The Bertz CT molecular complexity index is 470. The molecule has 1 aromatic rings. The Morgan fingerprint density at radius 3 is 2.57 bits per heavy atom. The van der Waals surface area contributed by atoms with Crippen LogP contribution in [-0.2, 0) is 0 Å². The van der Waals surface area contributed by atoms with Gasteiger partial charge in [0.1, 0.15) is 17.6 Å². The van der Waals surface area contributed by atoms with Gasteiger partial charge in [-0.1, -0.05) is 32.8 Å². The van der Waals surface area contributed by atoms with Gasteiger partial charge in [0.15, 0.2) is 0 Å². The summed E-state index contributed by atoms with van der Waals surface area (Å²) in [5, 5.41) is 12.3. The average Bonchev–Trinajstić information content (AvgIpc) is 2.76. The molecule has 0 bridgehead atoms. The smallest absolute Gasteiger partial charge is 0.142 e. The first-order valence-corrected chi connectivity index (χ1v) is 8.06. The van der Waals surface area contributed by atoms with Gasteiger partial charge in [0.2, 0.25) is 0 Å². The maximum atomic E-state index is 8.91. The highest BCUT2D eigenvalue weighted by molar-refractivity contribution is 5.38. The lowest BCUT2D eigenvalue weighted by Gasteiger charge is -2.33. The van der Waals surface area contributed by atoms with Crippen LogP contribution in [0.2, 0.25) is 0 Å². The Kier molecular flexibility index (Phi) is 6.01. The molecule has 0 radical (unpaired) electrons. The van der Waals surface area contributed by atoms with Crippen LogP contribution < -0.4 is 5.32 Å². The third-order valence-corrected chi connectivity index (χ3v) is 4.24. The van der Waals surface area contributed by atoms with Gasteiger partial charge in [-0.25, -0.2) is 4.98 Å². The molecule has 4 nitrogen and oxygen atoms in total. The van der Waals surface area contributed by atoms with E-state index in [1.165, 1.54) is 38.8 Å². The molecule has 0 spiro atoms. The number of aromatic nitrogens is 1. The number of pyridine rings is 1. The fourth-order valence-corrected chi connectivity index (χ4v) is 3.02. The van der Waals surface area contributed by atoms with Crippen molar-refractivity contribution in [3.05, 3.63) is 23.9 Å². The summed E-state index contributed by atoms with van der Waals surface area (Å²) in [6, 6.07) is 8.16. The first-order valence-electron chi connectivity index (χ1n) is 8.06. The largest absolute Gasteiger partial charge is 0.368 e. The average molecular weight is 286 g/mol. The van der Waals surface area contributed by atoms with E-state index in [0.717, 1.165) is 12.4 Å². The van der Waals surface area contributed by atoms with Crippen LogP contribution in [0.25, 0.3) is 0 Å². The van der Waals surface area contributed by atoms with Crippen LogP contribution in [0.15, 0.2) is 18.2 Å². The number of rotatable bonds is 5. The van der Waals surface area contributed by atoms with Gasteiger partial charge in [-0.2, -0.15) is 5.26 Å². The van der Waals surface area contributed by atoms with Gasteiger partial charge in [0, 0.05) is 12.6 Å². The lowest BCUT2D eigenvalue weighted by atomic mass is 10.0. The highest BCUT2D eigenvalue weighted by Gasteiger charge is 2.22. The second-order valence-electron chi connectivity index (χ2n) is 6.16. The number of hydrogen-bond donors (Lipinski definition) is 1. The van der Waals surface area contributed by atoms with Crippen LogP contribution in [0.4, 0.5) is 5.82 Å². The zero-order valence-electron chi connectivity index (χ0n) is 13.2. The number of anilines is 1. The van der Waals surface area contributed by atoms with Crippen molar-refractivity contribution < 1.29 is 0 Å². The SMILES string of the molecule is CC(C)C(CNc1cccc(C#N)n1)N1CCCCCC1. The molecule has 1 aliphatic rings. The number of nitrogens with zero attached hydrogens (tertiary/aromatic N) is 3. The molecule has 1 unspecified atom stereocenters. The van der Waals surface area contributed by atoms with Crippen molar-refractivity contribution >= 4 is 5.82 Å². The van der Waals surface area contributed by atoms with Crippen molar-refractivity contribution in [3.63, 3.8) is 0 Å². The lowest BCUT2D eigenvalue weighted by Crippen LogP contribution is -2.44. The van der Waals surface area contributed by atoms with E-state index in [1.54, 1.807) is 6.07 Å². The standard InChI is InChI=1S/C17H26N4/c1-14(2)16(21-10-5-3-4-6-11-21)13-19-17-9-7-8-15(12-18)20-17/h7-9,14,16H,3-6,10-11,13H2,1-2H3,(H,19,20). The van der Waals surface area contributed by atoms with Crippen LogP contribution in [0.5, 0.6) is 0 Å². The molecule has 0 aromatic carbocycles. The summed E-state index contributed by atoms with van der Waals surface area (Å²) in [6.07, 6.45) is 5.35. The van der Waals surface area contributed by atoms with E-state index in [2.05, 4.69) is 35.1 Å². The van der Waals surface area contributed by atoms with Gasteiger partial charge < -0.3 is 5.32 Å². The fourth-order valence-electron chi connectivity index (χ4n) is 3.02. The van der Waals surface area contributed by atoms with Gasteiger partial charge in [-0.3, -0.25) is 4.90 Å². The highest BCUT2D eigenvalue weighted by atomic mass is 15.2. The van der Waals surface area contributed by atoms with Crippen LogP contribution >= 0.6 is 0 Å². The molecule has 4 heteroatoms. The lowest BCUT2D eigenvalue weighted by molar-refractivity contribution is 0.169. The molecule has 1 aliphatic heterocycles. The Balaban J connectivity index is 1.97. The van der Waals surface area contributed by atoms with Gasteiger partial charge in [-0.15, -0.1) is 0 Å². The Morgan fingerprint density at radius 2 is 1.95 bits per heavy atom. The van der Waals surface area contributed by atoms with E-state index in [1.807, 2.05) is 12.1 Å². The van der Waals surface area contributed by atoms with Crippen LogP contribution in [-0.4, -0.2) is 35.6 Å². The molecule has 2 heterocycles. The number of likely N-dealkylation sites (tertiary alicyclic amines) is 1. The second-order valence-corrected chi connectivity index (χ2v) is 6.16. The number of nitriles is 1. The summed E-state index contributed by atoms with van der Waals surface area (Å²) < 4.78 is 0. The molecule has 114 valence electrons. The molecule has 1 saturated heterocycles.